The molecule has 1 amide bonds. The predicted molar refractivity (Wildman–Crippen MR) is 52.0 cm³/mol. The highest BCUT2D eigenvalue weighted by Crippen LogP contribution is 2.14. The van der Waals surface area contributed by atoms with Gasteiger partial charge in [0.25, 0.3) is 0 Å². The number of carboxylic acids is 1. The topological polar surface area (TPSA) is 101 Å². The van der Waals surface area contributed by atoms with Crippen molar-refractivity contribution in [1.29, 1.82) is 0 Å². The molecule has 0 fully saturated rings. The first kappa shape index (κ1) is 11.1. The molecule has 0 saturated carbocycles. The van der Waals surface area contributed by atoms with Crippen molar-refractivity contribution < 1.29 is 19.4 Å². The monoisotopic (exact) mass is 229 g/mol. The number of carbonyl (C=O) groups excluding carboxylic acids is 1. The van der Waals surface area contributed by atoms with Gasteiger partial charge >= 0.3 is 12.1 Å². The van der Waals surface area contributed by atoms with Crippen LogP contribution < -0.4 is 5.32 Å². The largest absolute Gasteiger partial charge is 0.476 e. The van der Waals surface area contributed by atoms with Crippen molar-refractivity contribution in [1.82, 2.24) is 10.2 Å². The summed E-state index contributed by atoms with van der Waals surface area (Å²) in [6, 6.07) is 0. The van der Waals surface area contributed by atoms with Gasteiger partial charge < -0.3 is 9.84 Å². The van der Waals surface area contributed by atoms with Crippen LogP contribution in [0.4, 0.5) is 9.93 Å². The molecule has 0 unspecified atom stereocenters. The zero-order valence-electron chi connectivity index (χ0n) is 7.47. The van der Waals surface area contributed by atoms with Gasteiger partial charge in [-0.25, -0.2) is 9.59 Å². The molecule has 1 aromatic heterocycles. The second-order valence-corrected chi connectivity index (χ2v) is 3.21. The van der Waals surface area contributed by atoms with E-state index in [0.717, 1.165) is 11.3 Å². The van der Waals surface area contributed by atoms with E-state index in [1.807, 2.05) is 0 Å². The molecular weight excluding hydrogens is 222 g/mol. The highest BCUT2D eigenvalue weighted by Gasteiger charge is 2.12. The van der Waals surface area contributed by atoms with Crippen LogP contribution in [0.3, 0.4) is 0 Å². The highest BCUT2D eigenvalue weighted by molar-refractivity contribution is 7.17. The van der Waals surface area contributed by atoms with Crippen molar-refractivity contribution in [3.63, 3.8) is 0 Å². The van der Waals surface area contributed by atoms with E-state index in [4.69, 9.17) is 5.11 Å². The van der Waals surface area contributed by atoms with Crippen LogP contribution in [-0.4, -0.2) is 34.0 Å². The molecule has 0 atom stereocenters. The maximum Gasteiger partial charge on any atom is 0.413 e. The fraction of sp³-hybridized carbons (Fsp3) is 0.143. The Kier molecular flexibility index (Phi) is 3.75. The Balaban J connectivity index is 2.53. The molecule has 0 bridgehead atoms. The number of hydrogen-bond acceptors (Lipinski definition) is 6. The van der Waals surface area contributed by atoms with Gasteiger partial charge in [0.05, 0.1) is 0 Å². The standard InChI is InChI=1S/C7H7N3O4S/c1-2-3-14-7(13)8-6-10-9-4(15-6)5(11)12/h2H,1,3H2,(H,11,12)(H,8,10,13). The number of ether oxygens (including phenoxy) is 1. The molecule has 8 heteroatoms. The summed E-state index contributed by atoms with van der Waals surface area (Å²) in [6.45, 7) is 3.42. The lowest BCUT2D eigenvalue weighted by molar-refractivity contribution is 0.0695. The Morgan fingerprint density at radius 3 is 2.87 bits per heavy atom. The molecule has 0 radical (unpaired) electrons. The number of hydrogen-bond donors (Lipinski definition) is 2. The Labute approximate surface area is 88.4 Å². The smallest absolute Gasteiger partial charge is 0.413 e. The summed E-state index contributed by atoms with van der Waals surface area (Å²) in [6.07, 6.45) is 0.672. The van der Waals surface area contributed by atoms with Crippen LogP contribution >= 0.6 is 11.3 Å². The molecule has 1 heterocycles. The van der Waals surface area contributed by atoms with Gasteiger partial charge in [0.2, 0.25) is 10.1 Å². The van der Waals surface area contributed by atoms with Gasteiger partial charge in [-0.1, -0.05) is 24.0 Å². The van der Waals surface area contributed by atoms with Crippen molar-refractivity contribution in [2.24, 2.45) is 0 Å². The quantitative estimate of drug-likeness (QED) is 0.746. The van der Waals surface area contributed by atoms with Gasteiger partial charge in [0.1, 0.15) is 6.61 Å². The minimum absolute atomic E-state index is 0.0659. The number of amides is 1. The van der Waals surface area contributed by atoms with Crippen molar-refractivity contribution in [3.8, 4) is 0 Å². The van der Waals surface area contributed by atoms with Crippen molar-refractivity contribution in [3.05, 3.63) is 17.7 Å². The summed E-state index contributed by atoms with van der Waals surface area (Å²) in [5, 5.41) is 17.4. The zero-order valence-corrected chi connectivity index (χ0v) is 8.28. The first-order valence-electron chi connectivity index (χ1n) is 3.75. The van der Waals surface area contributed by atoms with E-state index in [2.05, 4.69) is 26.8 Å². The SMILES string of the molecule is C=CCOC(=O)Nc1nnc(C(=O)O)s1. The van der Waals surface area contributed by atoms with E-state index >= 15 is 0 Å². The second kappa shape index (κ2) is 5.05. The van der Waals surface area contributed by atoms with Crippen LogP contribution in [0.25, 0.3) is 0 Å². The number of carboxylic acid groups (broad SMARTS) is 1. The number of rotatable bonds is 4. The molecule has 0 aromatic carbocycles. The summed E-state index contributed by atoms with van der Waals surface area (Å²) in [5.41, 5.74) is 0. The normalized spacial score (nSPS) is 9.33. The molecular formula is C7H7N3O4S. The molecule has 1 aromatic rings. The maximum absolute atomic E-state index is 11.0. The number of anilines is 1. The van der Waals surface area contributed by atoms with Crippen molar-refractivity contribution in [2.45, 2.75) is 0 Å². The molecule has 0 saturated heterocycles. The van der Waals surface area contributed by atoms with E-state index in [-0.39, 0.29) is 16.7 Å². The van der Waals surface area contributed by atoms with Gasteiger partial charge in [0.15, 0.2) is 0 Å². The minimum Gasteiger partial charge on any atom is -0.476 e. The molecule has 1 rings (SSSR count). The van der Waals surface area contributed by atoms with Crippen LogP contribution in [-0.2, 0) is 4.74 Å². The van der Waals surface area contributed by atoms with Crippen molar-refractivity contribution >= 4 is 28.5 Å². The molecule has 15 heavy (non-hydrogen) atoms. The fourth-order valence-corrected chi connectivity index (χ4v) is 1.19. The average molecular weight is 229 g/mol. The van der Waals surface area contributed by atoms with Crippen molar-refractivity contribution in [2.75, 3.05) is 11.9 Å². The Morgan fingerprint density at radius 1 is 1.60 bits per heavy atom. The van der Waals surface area contributed by atoms with Gasteiger partial charge in [-0.3, -0.25) is 5.32 Å². The number of aromatic nitrogens is 2. The maximum atomic E-state index is 11.0. The van der Waals surface area contributed by atoms with Gasteiger partial charge in [-0.15, -0.1) is 10.2 Å². The lowest BCUT2D eigenvalue weighted by Crippen LogP contribution is -2.13. The van der Waals surface area contributed by atoms with Crippen LogP contribution in [0.5, 0.6) is 0 Å². The van der Waals surface area contributed by atoms with E-state index < -0.39 is 12.1 Å². The van der Waals surface area contributed by atoms with Crippen LogP contribution in [0, 0.1) is 0 Å². The molecule has 7 nitrogen and oxygen atoms in total. The van der Waals surface area contributed by atoms with E-state index in [9.17, 15) is 9.59 Å². The fourth-order valence-electron chi connectivity index (χ4n) is 0.618. The lowest BCUT2D eigenvalue weighted by atomic mass is 10.7. The molecule has 0 aliphatic rings. The summed E-state index contributed by atoms with van der Waals surface area (Å²) in [4.78, 5) is 21.4. The predicted octanol–water partition coefficient (Wildman–Crippen LogP) is 0.971. The van der Waals surface area contributed by atoms with Gasteiger partial charge in [0, 0.05) is 0 Å². The molecule has 0 aliphatic carbocycles. The van der Waals surface area contributed by atoms with Gasteiger partial charge in [-0.2, -0.15) is 0 Å². The molecule has 2 N–H and O–H groups in total. The first-order chi connectivity index (χ1) is 7.13. The van der Waals surface area contributed by atoms with E-state index in [1.165, 1.54) is 6.08 Å². The summed E-state index contributed by atoms with van der Waals surface area (Å²) < 4.78 is 4.59. The number of carbonyl (C=O) groups is 2. The van der Waals surface area contributed by atoms with Gasteiger partial charge in [-0.05, 0) is 0 Å². The average Bonchev–Trinajstić information content (AvgIpc) is 2.63. The van der Waals surface area contributed by atoms with Crippen LogP contribution in [0.1, 0.15) is 9.80 Å². The zero-order chi connectivity index (χ0) is 11.3. The second-order valence-electron chi connectivity index (χ2n) is 2.23. The summed E-state index contributed by atoms with van der Waals surface area (Å²) >= 11 is 0.743. The molecule has 0 spiro atoms. The number of nitrogens with one attached hydrogen (secondary N) is 1. The highest BCUT2D eigenvalue weighted by atomic mass is 32.1. The summed E-state index contributed by atoms with van der Waals surface area (Å²) in [5.74, 6) is -1.19. The van der Waals surface area contributed by atoms with E-state index in [1.54, 1.807) is 0 Å². The third-order valence-electron chi connectivity index (χ3n) is 1.15. The van der Waals surface area contributed by atoms with Crippen LogP contribution in [0.2, 0.25) is 0 Å². The molecule has 0 aliphatic heterocycles. The lowest BCUT2D eigenvalue weighted by Gasteiger charge is -1.99. The first-order valence-corrected chi connectivity index (χ1v) is 4.56. The third-order valence-corrected chi connectivity index (χ3v) is 1.98. The number of aromatic carboxylic acids is 1. The Morgan fingerprint density at radius 2 is 2.33 bits per heavy atom. The minimum atomic E-state index is -1.19. The molecule has 80 valence electrons. The van der Waals surface area contributed by atoms with E-state index in [0.29, 0.717) is 0 Å². The third kappa shape index (κ3) is 3.35. The Hall–Kier alpha value is -1.96. The number of nitrogens with zero attached hydrogens (tertiary/aromatic N) is 2. The Bertz CT molecular complexity index is 389. The summed E-state index contributed by atoms with van der Waals surface area (Å²) in [7, 11) is 0. The van der Waals surface area contributed by atoms with Crippen LogP contribution in [0.15, 0.2) is 12.7 Å².